The highest BCUT2D eigenvalue weighted by molar-refractivity contribution is 5.91. The molecule has 0 atom stereocenters. The van der Waals surface area contributed by atoms with E-state index in [-0.39, 0.29) is 6.61 Å². The van der Waals surface area contributed by atoms with Crippen LogP contribution in [-0.4, -0.2) is 28.8 Å². The Hall–Kier alpha value is -3.35. The van der Waals surface area contributed by atoms with Crippen molar-refractivity contribution in [3.05, 3.63) is 70.9 Å². The van der Waals surface area contributed by atoms with Crippen molar-refractivity contribution in [1.29, 1.82) is 0 Å². The van der Waals surface area contributed by atoms with Crippen LogP contribution in [0, 0.1) is 13.8 Å². The van der Waals surface area contributed by atoms with Crippen LogP contribution in [0.25, 0.3) is 5.69 Å². The van der Waals surface area contributed by atoms with Crippen LogP contribution >= 0.6 is 0 Å². The summed E-state index contributed by atoms with van der Waals surface area (Å²) >= 11 is 0. The van der Waals surface area contributed by atoms with Crippen LogP contribution in [0.3, 0.4) is 0 Å². The zero-order chi connectivity index (χ0) is 18.7. The standard InChI is InChI=1S/C19H18N2O5/c1-12-8-9-20-21(12)15-6-4-14(5-7-15)18(22)25-11-16-10-17(13(2)26-16)19(23)24-3/h4-10H,11H2,1-3H3. The van der Waals surface area contributed by atoms with Gasteiger partial charge in [0.1, 0.15) is 23.7 Å². The summed E-state index contributed by atoms with van der Waals surface area (Å²) in [6, 6.07) is 10.3. The van der Waals surface area contributed by atoms with Gasteiger partial charge in [0.2, 0.25) is 0 Å². The predicted octanol–water partition coefficient (Wildman–Crippen LogP) is 3.23. The van der Waals surface area contributed by atoms with Crippen molar-refractivity contribution in [2.75, 3.05) is 7.11 Å². The Bertz CT molecular complexity index is 937. The van der Waals surface area contributed by atoms with Gasteiger partial charge in [0.15, 0.2) is 0 Å². The van der Waals surface area contributed by atoms with E-state index in [4.69, 9.17) is 9.15 Å². The summed E-state index contributed by atoms with van der Waals surface area (Å²) in [4.78, 5) is 23.7. The van der Waals surface area contributed by atoms with Crippen LogP contribution in [0.5, 0.6) is 0 Å². The summed E-state index contributed by atoms with van der Waals surface area (Å²) in [5.41, 5.74) is 2.58. The number of aryl methyl sites for hydroxylation is 2. The van der Waals surface area contributed by atoms with E-state index in [0.29, 0.717) is 22.6 Å². The number of esters is 2. The molecule has 0 N–H and O–H groups in total. The highest BCUT2D eigenvalue weighted by Gasteiger charge is 2.16. The molecule has 0 fully saturated rings. The summed E-state index contributed by atoms with van der Waals surface area (Å²) in [6.45, 7) is 3.52. The quantitative estimate of drug-likeness (QED) is 0.654. The van der Waals surface area contributed by atoms with E-state index >= 15 is 0 Å². The van der Waals surface area contributed by atoms with Gasteiger partial charge in [-0.2, -0.15) is 5.10 Å². The lowest BCUT2D eigenvalue weighted by molar-refractivity contribution is 0.0444. The van der Waals surface area contributed by atoms with Crippen LogP contribution < -0.4 is 0 Å². The van der Waals surface area contributed by atoms with E-state index in [9.17, 15) is 9.59 Å². The molecule has 3 rings (SSSR count). The molecule has 2 heterocycles. The van der Waals surface area contributed by atoms with Crippen molar-refractivity contribution >= 4 is 11.9 Å². The molecule has 0 spiro atoms. The lowest BCUT2D eigenvalue weighted by Crippen LogP contribution is -2.06. The van der Waals surface area contributed by atoms with Crippen molar-refractivity contribution in [1.82, 2.24) is 9.78 Å². The lowest BCUT2D eigenvalue weighted by atomic mass is 10.2. The first-order valence-electron chi connectivity index (χ1n) is 7.95. The maximum absolute atomic E-state index is 12.2. The average molecular weight is 354 g/mol. The van der Waals surface area contributed by atoms with Gasteiger partial charge in [-0.05, 0) is 50.2 Å². The summed E-state index contributed by atoms with van der Waals surface area (Å²) < 4.78 is 17.1. The molecule has 3 aromatic rings. The maximum atomic E-state index is 12.2. The third-order valence-corrected chi connectivity index (χ3v) is 3.90. The molecule has 26 heavy (non-hydrogen) atoms. The fourth-order valence-electron chi connectivity index (χ4n) is 2.53. The summed E-state index contributed by atoms with van der Waals surface area (Å²) in [7, 11) is 1.29. The van der Waals surface area contributed by atoms with Crippen molar-refractivity contribution in [3.63, 3.8) is 0 Å². The van der Waals surface area contributed by atoms with E-state index in [2.05, 4.69) is 9.84 Å². The number of hydrogen-bond acceptors (Lipinski definition) is 6. The van der Waals surface area contributed by atoms with E-state index in [1.54, 1.807) is 42.1 Å². The minimum absolute atomic E-state index is 0.0727. The normalized spacial score (nSPS) is 10.6. The first kappa shape index (κ1) is 17.5. The van der Waals surface area contributed by atoms with Crippen LogP contribution in [0.4, 0.5) is 0 Å². The second-order valence-electron chi connectivity index (χ2n) is 5.68. The fraction of sp³-hybridized carbons (Fsp3) is 0.211. The number of carbonyl (C=O) groups excluding carboxylic acids is 2. The molecule has 0 radical (unpaired) electrons. The second kappa shape index (κ2) is 7.26. The minimum Gasteiger partial charge on any atom is -0.465 e. The molecule has 0 saturated carbocycles. The van der Waals surface area contributed by atoms with Gasteiger partial charge in [0.25, 0.3) is 0 Å². The molecule has 7 nitrogen and oxygen atoms in total. The Balaban J connectivity index is 1.65. The molecule has 0 aliphatic heterocycles. The van der Waals surface area contributed by atoms with Gasteiger partial charge >= 0.3 is 11.9 Å². The Morgan fingerprint density at radius 1 is 1.12 bits per heavy atom. The van der Waals surface area contributed by atoms with E-state index < -0.39 is 11.9 Å². The molecular formula is C19H18N2O5. The fourth-order valence-corrected chi connectivity index (χ4v) is 2.53. The van der Waals surface area contributed by atoms with Gasteiger partial charge in [-0.15, -0.1) is 0 Å². The minimum atomic E-state index is -0.492. The SMILES string of the molecule is COC(=O)c1cc(COC(=O)c2ccc(-n3nccc3C)cc2)oc1C. The van der Waals surface area contributed by atoms with E-state index in [1.807, 2.05) is 13.0 Å². The summed E-state index contributed by atoms with van der Waals surface area (Å²) in [5.74, 6) is -0.183. The van der Waals surface area contributed by atoms with Crippen LogP contribution in [0.15, 0.2) is 47.0 Å². The molecule has 0 aliphatic carbocycles. The summed E-state index contributed by atoms with van der Waals surface area (Å²) in [5, 5.41) is 4.22. The highest BCUT2D eigenvalue weighted by atomic mass is 16.5. The number of hydrogen-bond donors (Lipinski definition) is 0. The zero-order valence-corrected chi connectivity index (χ0v) is 14.7. The monoisotopic (exact) mass is 354 g/mol. The third-order valence-electron chi connectivity index (χ3n) is 3.90. The molecule has 134 valence electrons. The third kappa shape index (κ3) is 3.51. The van der Waals surface area contributed by atoms with Crippen molar-refractivity contribution in [2.24, 2.45) is 0 Å². The zero-order valence-electron chi connectivity index (χ0n) is 14.7. The van der Waals surface area contributed by atoms with Gasteiger partial charge in [-0.25, -0.2) is 14.3 Å². The molecule has 0 amide bonds. The van der Waals surface area contributed by atoms with Gasteiger partial charge < -0.3 is 13.9 Å². The van der Waals surface area contributed by atoms with E-state index in [0.717, 1.165) is 11.4 Å². The topological polar surface area (TPSA) is 83.6 Å². The smallest absolute Gasteiger partial charge is 0.341 e. The number of furan rings is 1. The van der Waals surface area contributed by atoms with E-state index in [1.165, 1.54) is 13.2 Å². The molecule has 1 aromatic carbocycles. The number of methoxy groups -OCH3 is 1. The van der Waals surface area contributed by atoms with Gasteiger partial charge in [-0.1, -0.05) is 0 Å². The number of nitrogens with zero attached hydrogens (tertiary/aromatic N) is 2. The van der Waals surface area contributed by atoms with Gasteiger partial charge in [-0.3, -0.25) is 0 Å². The van der Waals surface area contributed by atoms with Crippen LogP contribution in [-0.2, 0) is 16.1 Å². The Morgan fingerprint density at radius 3 is 2.46 bits per heavy atom. The highest BCUT2D eigenvalue weighted by Crippen LogP contribution is 2.17. The van der Waals surface area contributed by atoms with Crippen molar-refractivity contribution < 1.29 is 23.5 Å². The van der Waals surface area contributed by atoms with Crippen LogP contribution in [0.1, 0.15) is 37.9 Å². The van der Waals surface area contributed by atoms with Gasteiger partial charge in [0.05, 0.1) is 18.4 Å². The average Bonchev–Trinajstić information content (AvgIpc) is 3.24. The predicted molar refractivity (Wildman–Crippen MR) is 92.2 cm³/mol. The Labute approximate surface area is 150 Å². The molecule has 0 bridgehead atoms. The van der Waals surface area contributed by atoms with Gasteiger partial charge in [0, 0.05) is 11.9 Å². The lowest BCUT2D eigenvalue weighted by Gasteiger charge is -2.06. The maximum Gasteiger partial charge on any atom is 0.341 e. The number of aromatic nitrogens is 2. The first-order valence-corrected chi connectivity index (χ1v) is 7.95. The Kier molecular flexibility index (Phi) is 4.88. The first-order chi connectivity index (χ1) is 12.5. The number of benzene rings is 1. The second-order valence-corrected chi connectivity index (χ2v) is 5.68. The largest absolute Gasteiger partial charge is 0.465 e. The number of rotatable bonds is 5. The van der Waals surface area contributed by atoms with Crippen molar-refractivity contribution in [2.45, 2.75) is 20.5 Å². The van der Waals surface area contributed by atoms with Crippen molar-refractivity contribution in [3.8, 4) is 5.69 Å². The van der Waals surface area contributed by atoms with Crippen LogP contribution in [0.2, 0.25) is 0 Å². The molecule has 2 aromatic heterocycles. The molecule has 7 heteroatoms. The number of carbonyl (C=O) groups is 2. The summed E-state index contributed by atoms with van der Waals surface area (Å²) in [6.07, 6.45) is 1.71. The number of ether oxygens (including phenoxy) is 2. The molecule has 0 unspecified atom stereocenters. The molecule has 0 aliphatic rings. The Morgan fingerprint density at radius 2 is 1.85 bits per heavy atom. The molecular weight excluding hydrogens is 336 g/mol. The molecule has 0 saturated heterocycles.